The van der Waals surface area contributed by atoms with Gasteiger partial charge < -0.3 is 9.47 Å². The first-order valence-corrected chi connectivity index (χ1v) is 10.0. The molecule has 0 saturated carbocycles. The number of aromatic nitrogens is 1. The van der Waals surface area contributed by atoms with Crippen LogP contribution in [0.1, 0.15) is 32.8 Å². The number of pyridine rings is 1. The second kappa shape index (κ2) is 8.76. The van der Waals surface area contributed by atoms with E-state index in [0.29, 0.717) is 13.2 Å². The zero-order valence-electron chi connectivity index (χ0n) is 16.0. The highest BCUT2D eigenvalue weighted by Crippen LogP contribution is 2.35. The van der Waals surface area contributed by atoms with Crippen LogP contribution >= 0.6 is 11.8 Å². The van der Waals surface area contributed by atoms with Crippen LogP contribution in [0, 0.1) is 0 Å². The van der Waals surface area contributed by atoms with Crippen LogP contribution in [0.15, 0.2) is 59.8 Å². The number of hydrogen-bond donors (Lipinski definition) is 0. The fraction of sp³-hybridized carbons (Fsp3) is 0.429. The average molecular weight is 387 g/mol. The van der Waals surface area contributed by atoms with E-state index in [0.717, 1.165) is 17.0 Å². The Morgan fingerprint density at radius 2 is 1.93 bits per heavy atom. The molecular weight excluding hydrogens is 360 g/mol. The van der Waals surface area contributed by atoms with Crippen LogP contribution in [0.2, 0.25) is 0 Å². The number of thioether (sulfide) groups is 1. The van der Waals surface area contributed by atoms with Crippen molar-refractivity contribution in [3.63, 3.8) is 0 Å². The number of carbonyl (C=O) groups is 1. The SMILES string of the molecule is CC(C)(C)OC(=O)N1CC[C@H](OCc2ccccc2)[C@H]1Sc1ccccn1. The van der Waals surface area contributed by atoms with E-state index >= 15 is 0 Å². The predicted molar refractivity (Wildman–Crippen MR) is 106 cm³/mol. The molecule has 1 aromatic heterocycles. The molecule has 2 aromatic rings. The fourth-order valence-electron chi connectivity index (χ4n) is 2.88. The van der Waals surface area contributed by atoms with Crippen LogP contribution in [0.4, 0.5) is 4.79 Å². The molecule has 0 N–H and O–H groups in total. The lowest BCUT2D eigenvalue weighted by molar-refractivity contribution is 0.0127. The molecule has 1 fully saturated rings. The van der Waals surface area contributed by atoms with Gasteiger partial charge in [0.05, 0.1) is 17.7 Å². The molecule has 6 heteroatoms. The van der Waals surface area contributed by atoms with Gasteiger partial charge in [0.2, 0.25) is 0 Å². The van der Waals surface area contributed by atoms with E-state index in [1.165, 1.54) is 0 Å². The summed E-state index contributed by atoms with van der Waals surface area (Å²) in [5, 5.41) is 0.699. The zero-order valence-corrected chi connectivity index (χ0v) is 16.8. The van der Waals surface area contributed by atoms with Crippen LogP contribution in [0.25, 0.3) is 0 Å². The highest BCUT2D eigenvalue weighted by molar-refractivity contribution is 7.99. The van der Waals surface area contributed by atoms with Crippen molar-refractivity contribution in [2.75, 3.05) is 6.54 Å². The summed E-state index contributed by atoms with van der Waals surface area (Å²) in [5.74, 6) is 0. The molecule has 3 rings (SSSR count). The van der Waals surface area contributed by atoms with E-state index in [1.807, 2.05) is 69.3 Å². The van der Waals surface area contributed by atoms with Gasteiger partial charge in [0, 0.05) is 12.7 Å². The molecule has 5 nitrogen and oxygen atoms in total. The van der Waals surface area contributed by atoms with Crippen molar-refractivity contribution in [2.24, 2.45) is 0 Å². The van der Waals surface area contributed by atoms with Crippen molar-refractivity contribution in [1.82, 2.24) is 9.88 Å². The summed E-state index contributed by atoms with van der Waals surface area (Å²) in [4.78, 5) is 18.9. The predicted octanol–water partition coefficient (Wildman–Crippen LogP) is 4.73. The first-order valence-electron chi connectivity index (χ1n) is 9.15. The summed E-state index contributed by atoms with van der Waals surface area (Å²) in [6.45, 7) is 6.77. The molecule has 2 heterocycles. The van der Waals surface area contributed by atoms with E-state index < -0.39 is 5.60 Å². The number of carbonyl (C=O) groups excluding carboxylic acids is 1. The maximum absolute atomic E-state index is 12.7. The van der Waals surface area contributed by atoms with Crippen molar-refractivity contribution in [3.8, 4) is 0 Å². The van der Waals surface area contributed by atoms with Crippen molar-refractivity contribution >= 4 is 17.9 Å². The van der Waals surface area contributed by atoms with Crippen molar-refractivity contribution < 1.29 is 14.3 Å². The van der Waals surface area contributed by atoms with E-state index in [2.05, 4.69) is 4.98 Å². The Labute approximate surface area is 165 Å². The van der Waals surface area contributed by atoms with Gasteiger partial charge in [0.1, 0.15) is 11.0 Å². The number of amides is 1. The van der Waals surface area contributed by atoms with Gasteiger partial charge in [0.25, 0.3) is 0 Å². The molecule has 0 radical (unpaired) electrons. The van der Waals surface area contributed by atoms with E-state index in [4.69, 9.17) is 9.47 Å². The third kappa shape index (κ3) is 5.71. The number of hydrogen-bond acceptors (Lipinski definition) is 5. The molecule has 0 bridgehead atoms. The van der Waals surface area contributed by atoms with Crippen LogP contribution < -0.4 is 0 Å². The standard InChI is InChI=1S/C21H26N2O3S/c1-21(2,3)26-20(24)23-14-12-17(25-15-16-9-5-4-6-10-16)19(23)27-18-11-7-8-13-22-18/h4-11,13,17,19H,12,14-15H2,1-3H3/t17-,19+/m0/s1. The number of benzene rings is 1. The number of likely N-dealkylation sites (tertiary alicyclic amines) is 1. The van der Waals surface area contributed by atoms with Gasteiger partial charge in [-0.3, -0.25) is 4.90 Å². The minimum Gasteiger partial charge on any atom is -0.444 e. The normalized spacial score (nSPS) is 19.9. The molecule has 27 heavy (non-hydrogen) atoms. The Hall–Kier alpha value is -2.05. The minimum atomic E-state index is -0.528. The molecule has 2 atom stereocenters. The van der Waals surface area contributed by atoms with E-state index in [9.17, 15) is 4.79 Å². The Bertz CT molecular complexity index is 734. The molecule has 144 valence electrons. The second-order valence-corrected chi connectivity index (χ2v) is 8.61. The van der Waals surface area contributed by atoms with Gasteiger partial charge in [-0.1, -0.05) is 48.2 Å². The summed E-state index contributed by atoms with van der Waals surface area (Å²) in [6.07, 6.45) is 2.15. The number of ether oxygens (including phenoxy) is 2. The third-order valence-corrected chi connectivity index (χ3v) is 5.38. The minimum absolute atomic E-state index is 0.0790. The summed E-state index contributed by atoms with van der Waals surface area (Å²) < 4.78 is 11.8. The Morgan fingerprint density at radius 3 is 2.59 bits per heavy atom. The number of rotatable bonds is 5. The maximum atomic E-state index is 12.7. The highest BCUT2D eigenvalue weighted by Gasteiger charge is 2.40. The lowest BCUT2D eigenvalue weighted by Gasteiger charge is -2.30. The van der Waals surface area contributed by atoms with Gasteiger partial charge in [-0.05, 0) is 44.9 Å². The topological polar surface area (TPSA) is 51.7 Å². The molecule has 1 aliphatic rings. The van der Waals surface area contributed by atoms with Crippen LogP contribution in [-0.2, 0) is 16.1 Å². The lowest BCUT2D eigenvalue weighted by Crippen LogP contribution is -2.41. The maximum Gasteiger partial charge on any atom is 0.411 e. The second-order valence-electron chi connectivity index (χ2n) is 7.47. The van der Waals surface area contributed by atoms with Gasteiger partial charge in [-0.2, -0.15) is 0 Å². The average Bonchev–Trinajstić information content (AvgIpc) is 3.03. The van der Waals surface area contributed by atoms with Crippen LogP contribution in [0.5, 0.6) is 0 Å². The molecular formula is C21H26N2O3S. The van der Waals surface area contributed by atoms with Crippen LogP contribution in [0.3, 0.4) is 0 Å². The third-order valence-electron chi connectivity index (χ3n) is 4.09. The highest BCUT2D eigenvalue weighted by atomic mass is 32.2. The molecule has 1 aromatic carbocycles. The monoisotopic (exact) mass is 386 g/mol. The molecule has 1 amide bonds. The van der Waals surface area contributed by atoms with Gasteiger partial charge >= 0.3 is 6.09 Å². The van der Waals surface area contributed by atoms with Gasteiger partial charge in [-0.25, -0.2) is 9.78 Å². The molecule has 0 aliphatic carbocycles. The first-order chi connectivity index (χ1) is 12.9. The Kier molecular flexibility index (Phi) is 6.39. The lowest BCUT2D eigenvalue weighted by atomic mass is 10.2. The van der Waals surface area contributed by atoms with Gasteiger partial charge in [-0.15, -0.1) is 0 Å². The molecule has 0 unspecified atom stereocenters. The first kappa shape index (κ1) is 19.7. The summed E-state index contributed by atoms with van der Waals surface area (Å²) >= 11 is 1.55. The molecule has 1 saturated heterocycles. The van der Waals surface area contributed by atoms with Crippen molar-refractivity contribution in [3.05, 3.63) is 60.3 Å². The zero-order chi connectivity index (χ0) is 19.3. The Balaban J connectivity index is 1.72. The van der Waals surface area contributed by atoms with E-state index in [1.54, 1.807) is 22.9 Å². The Morgan fingerprint density at radius 1 is 1.19 bits per heavy atom. The smallest absolute Gasteiger partial charge is 0.411 e. The van der Waals surface area contributed by atoms with E-state index in [-0.39, 0.29) is 17.6 Å². The summed E-state index contributed by atoms with van der Waals surface area (Å²) in [7, 11) is 0. The summed E-state index contributed by atoms with van der Waals surface area (Å²) in [5.41, 5.74) is 0.593. The largest absolute Gasteiger partial charge is 0.444 e. The number of nitrogens with zero attached hydrogens (tertiary/aromatic N) is 2. The van der Waals surface area contributed by atoms with Crippen molar-refractivity contribution in [2.45, 2.75) is 55.9 Å². The molecule has 0 spiro atoms. The molecule has 1 aliphatic heterocycles. The van der Waals surface area contributed by atoms with Crippen LogP contribution in [-0.4, -0.2) is 39.6 Å². The van der Waals surface area contributed by atoms with Gasteiger partial charge in [0.15, 0.2) is 0 Å². The summed E-state index contributed by atoms with van der Waals surface area (Å²) in [6, 6.07) is 15.9. The fourth-order valence-corrected chi connectivity index (χ4v) is 4.09. The quantitative estimate of drug-likeness (QED) is 0.744. The van der Waals surface area contributed by atoms with Crippen molar-refractivity contribution in [1.29, 1.82) is 0 Å².